The Kier molecular flexibility index (Phi) is 6.48. The fraction of sp³-hybridized carbons (Fsp3) is 0.389. The third-order valence-corrected chi connectivity index (χ3v) is 4.33. The smallest absolute Gasteiger partial charge is 0.321 e. The fourth-order valence-electron chi connectivity index (χ4n) is 2.88. The van der Waals surface area contributed by atoms with Crippen molar-refractivity contribution < 1.29 is 9.53 Å². The number of anilines is 4. The number of aromatic nitrogens is 2. The van der Waals surface area contributed by atoms with Crippen molar-refractivity contribution in [3.8, 4) is 0 Å². The zero-order chi connectivity index (χ0) is 19.1. The minimum atomic E-state index is -0.0548. The number of likely N-dealkylation sites (tertiary alicyclic amines) is 1. The summed E-state index contributed by atoms with van der Waals surface area (Å²) in [7, 11) is 3.62. The van der Waals surface area contributed by atoms with Gasteiger partial charge in [-0.3, -0.25) is 0 Å². The second-order valence-corrected chi connectivity index (χ2v) is 6.47. The highest BCUT2D eigenvalue weighted by molar-refractivity contribution is 6.35. The molecule has 0 atom stereocenters. The molecule has 0 unspecified atom stereocenters. The maximum absolute atomic E-state index is 12.2. The first kappa shape index (κ1) is 19.0. The van der Waals surface area contributed by atoms with E-state index in [1.54, 1.807) is 13.3 Å². The molecule has 0 bridgehead atoms. The average Bonchev–Trinajstić information content (AvgIpc) is 3.20. The van der Waals surface area contributed by atoms with Crippen LogP contribution in [0.3, 0.4) is 0 Å². The number of methoxy groups -OCH3 is 1. The van der Waals surface area contributed by atoms with Gasteiger partial charge in [0.25, 0.3) is 0 Å². The number of amides is 2. The van der Waals surface area contributed by atoms with Crippen LogP contribution in [0.4, 0.5) is 27.9 Å². The van der Waals surface area contributed by atoms with Gasteiger partial charge in [-0.1, -0.05) is 6.07 Å². The van der Waals surface area contributed by atoms with Gasteiger partial charge >= 0.3 is 6.03 Å². The van der Waals surface area contributed by atoms with E-state index in [1.807, 2.05) is 37.0 Å². The Bertz CT molecular complexity index is 782. The van der Waals surface area contributed by atoms with Crippen molar-refractivity contribution in [2.45, 2.75) is 12.8 Å². The van der Waals surface area contributed by atoms with Crippen LogP contribution in [0.5, 0.6) is 0 Å². The summed E-state index contributed by atoms with van der Waals surface area (Å²) in [5, 5.41) is 9.36. The Balaban J connectivity index is 1.65. The number of urea groups is 1. The van der Waals surface area contributed by atoms with Gasteiger partial charge in [0.2, 0.25) is 5.95 Å². The van der Waals surface area contributed by atoms with Gasteiger partial charge in [-0.15, -0.1) is 0 Å². The fourth-order valence-corrected chi connectivity index (χ4v) is 2.88. The van der Waals surface area contributed by atoms with Gasteiger partial charge in [0.15, 0.2) is 0 Å². The van der Waals surface area contributed by atoms with E-state index in [9.17, 15) is 4.79 Å². The number of carbonyl (C=O) groups is 1. The van der Waals surface area contributed by atoms with Gasteiger partial charge < -0.3 is 25.6 Å². The second-order valence-electron chi connectivity index (χ2n) is 6.47. The van der Waals surface area contributed by atoms with Gasteiger partial charge in [-0.05, 0) is 36.5 Å². The highest BCUT2D eigenvalue weighted by atomic mass is 16.5. The molecule has 2 aromatic rings. The van der Waals surface area contributed by atoms with Crippen LogP contribution in [-0.4, -0.2) is 62.1 Å². The van der Waals surface area contributed by atoms with Crippen LogP contribution in [0.25, 0.3) is 0 Å². The van der Waals surface area contributed by atoms with Crippen molar-refractivity contribution in [1.29, 1.82) is 0 Å². The summed E-state index contributed by atoms with van der Waals surface area (Å²) in [6, 6.07) is 7.48. The number of ether oxygens (including phenoxy) is 1. The highest BCUT2D eigenvalue weighted by Gasteiger charge is 2.17. The third kappa shape index (κ3) is 5.33. The molecule has 142 valence electrons. The first-order valence-electron chi connectivity index (χ1n) is 9.15. The number of hydrogen-bond acceptors (Lipinski definition) is 6. The molecular weight excluding hydrogens is 343 g/mol. The SMILES string of the molecule is Bc1cnc(Nc2cccc(NC(=O)N3CCCC3)c2)nc1NCCOC. The number of nitrogens with one attached hydrogen (secondary N) is 3. The van der Waals surface area contributed by atoms with Crippen molar-refractivity contribution in [3.05, 3.63) is 30.5 Å². The molecule has 0 saturated carbocycles. The number of rotatable bonds is 7. The van der Waals surface area contributed by atoms with Crippen LogP contribution >= 0.6 is 0 Å². The van der Waals surface area contributed by atoms with Crippen molar-refractivity contribution in [2.24, 2.45) is 0 Å². The Hall–Kier alpha value is -2.81. The molecule has 1 fully saturated rings. The van der Waals surface area contributed by atoms with Gasteiger partial charge in [0.05, 0.1) is 6.61 Å². The summed E-state index contributed by atoms with van der Waals surface area (Å²) in [4.78, 5) is 22.9. The standard InChI is InChI=1S/C18H25BN6O2/c1-27-10-7-20-16-15(19)12-21-17(24-16)22-13-5-4-6-14(11-13)23-18(26)25-8-2-3-9-25/h4-6,11-12H,2-3,7-10,19H2,1H3,(H,23,26)(H2,20,21,22,24). The first-order chi connectivity index (χ1) is 13.2. The molecule has 8 nitrogen and oxygen atoms in total. The predicted molar refractivity (Wildman–Crippen MR) is 110 cm³/mol. The van der Waals surface area contributed by atoms with E-state index in [1.165, 1.54) is 0 Å². The lowest BCUT2D eigenvalue weighted by atomic mass is 9.99. The molecule has 1 aliphatic heterocycles. The van der Waals surface area contributed by atoms with Crippen molar-refractivity contribution in [2.75, 3.05) is 49.3 Å². The molecule has 9 heteroatoms. The molecular formula is C18H25BN6O2. The van der Waals surface area contributed by atoms with E-state index in [0.717, 1.165) is 48.6 Å². The number of benzene rings is 1. The third-order valence-electron chi connectivity index (χ3n) is 4.33. The average molecular weight is 368 g/mol. The van der Waals surface area contributed by atoms with Crippen molar-refractivity contribution >= 4 is 42.5 Å². The number of carbonyl (C=O) groups excluding carboxylic acids is 1. The largest absolute Gasteiger partial charge is 0.383 e. The Morgan fingerprint density at radius 3 is 2.85 bits per heavy atom. The summed E-state index contributed by atoms with van der Waals surface area (Å²) in [5.74, 6) is 1.26. The summed E-state index contributed by atoms with van der Waals surface area (Å²) in [6.07, 6.45) is 3.91. The molecule has 27 heavy (non-hydrogen) atoms. The molecule has 3 rings (SSSR count). The van der Waals surface area contributed by atoms with Crippen LogP contribution in [-0.2, 0) is 4.74 Å². The Labute approximate surface area is 160 Å². The van der Waals surface area contributed by atoms with E-state index in [-0.39, 0.29) is 6.03 Å². The molecule has 3 N–H and O–H groups in total. The van der Waals surface area contributed by atoms with Gasteiger partial charge in [0, 0.05) is 44.3 Å². The van der Waals surface area contributed by atoms with E-state index in [4.69, 9.17) is 4.74 Å². The molecule has 2 amide bonds. The molecule has 0 spiro atoms. The van der Waals surface area contributed by atoms with E-state index in [2.05, 4.69) is 25.9 Å². The summed E-state index contributed by atoms with van der Waals surface area (Å²) >= 11 is 0. The molecule has 1 aliphatic rings. The highest BCUT2D eigenvalue weighted by Crippen LogP contribution is 2.19. The second kappa shape index (κ2) is 9.22. The lowest BCUT2D eigenvalue weighted by molar-refractivity contribution is 0.210. The van der Waals surface area contributed by atoms with E-state index in [0.29, 0.717) is 19.1 Å². The predicted octanol–water partition coefficient (Wildman–Crippen LogP) is 1.16. The monoisotopic (exact) mass is 368 g/mol. The van der Waals surface area contributed by atoms with Crippen molar-refractivity contribution in [1.82, 2.24) is 14.9 Å². The zero-order valence-corrected chi connectivity index (χ0v) is 15.8. The van der Waals surface area contributed by atoms with Crippen LogP contribution in [0, 0.1) is 0 Å². The molecule has 1 aromatic carbocycles. The molecule has 2 heterocycles. The first-order valence-corrected chi connectivity index (χ1v) is 9.15. The zero-order valence-electron chi connectivity index (χ0n) is 15.8. The van der Waals surface area contributed by atoms with Crippen molar-refractivity contribution in [3.63, 3.8) is 0 Å². The lowest BCUT2D eigenvalue weighted by Gasteiger charge is -2.16. The van der Waals surface area contributed by atoms with Crippen LogP contribution in [0.1, 0.15) is 12.8 Å². The molecule has 1 aromatic heterocycles. The Morgan fingerprint density at radius 2 is 2.07 bits per heavy atom. The summed E-state index contributed by atoms with van der Waals surface area (Å²) in [5.41, 5.74) is 2.51. The minimum absolute atomic E-state index is 0.0548. The van der Waals surface area contributed by atoms with Gasteiger partial charge in [0.1, 0.15) is 13.7 Å². The normalized spacial score (nSPS) is 13.4. The maximum atomic E-state index is 12.2. The molecule has 1 saturated heterocycles. The quantitative estimate of drug-likeness (QED) is 0.502. The lowest BCUT2D eigenvalue weighted by Crippen LogP contribution is -2.32. The topological polar surface area (TPSA) is 91.4 Å². The van der Waals surface area contributed by atoms with Crippen LogP contribution in [0.15, 0.2) is 30.5 Å². The van der Waals surface area contributed by atoms with Crippen LogP contribution < -0.4 is 21.4 Å². The number of hydrogen-bond donors (Lipinski definition) is 3. The number of nitrogens with zero attached hydrogens (tertiary/aromatic N) is 3. The van der Waals surface area contributed by atoms with E-state index >= 15 is 0 Å². The van der Waals surface area contributed by atoms with Gasteiger partial charge in [-0.2, -0.15) is 4.98 Å². The molecule has 0 aliphatic carbocycles. The Morgan fingerprint density at radius 1 is 1.30 bits per heavy atom. The maximum Gasteiger partial charge on any atom is 0.321 e. The summed E-state index contributed by atoms with van der Waals surface area (Å²) in [6.45, 7) is 2.91. The summed E-state index contributed by atoms with van der Waals surface area (Å²) < 4.78 is 5.05. The van der Waals surface area contributed by atoms with Crippen LogP contribution in [0.2, 0.25) is 0 Å². The molecule has 0 radical (unpaired) electrons. The van der Waals surface area contributed by atoms with Gasteiger partial charge in [-0.25, -0.2) is 9.78 Å². The van der Waals surface area contributed by atoms with E-state index < -0.39 is 0 Å². The minimum Gasteiger partial charge on any atom is -0.383 e.